The van der Waals surface area contributed by atoms with Crippen molar-refractivity contribution in [1.29, 1.82) is 0 Å². The van der Waals surface area contributed by atoms with Gasteiger partial charge in [0, 0.05) is 35.2 Å². The molecule has 1 atom stereocenters. The first-order valence-electron chi connectivity index (χ1n) is 6.58. The second-order valence-corrected chi connectivity index (χ2v) is 6.97. The van der Waals surface area contributed by atoms with Crippen LogP contribution >= 0.6 is 0 Å². The normalized spacial score (nSPS) is 17.6. The number of hydrogen-bond donors (Lipinski definition) is 1. The second-order valence-electron chi connectivity index (χ2n) is 5.20. The molecule has 0 saturated heterocycles. The molecule has 4 nitrogen and oxygen atoms in total. The van der Waals surface area contributed by atoms with Gasteiger partial charge >= 0.3 is 0 Å². The first-order valence-corrected chi connectivity index (χ1v) is 8.14. The molecule has 2 aromatic rings. The number of para-hydroxylation sites is 1. The van der Waals surface area contributed by atoms with Crippen molar-refractivity contribution in [2.45, 2.75) is 17.6 Å². The highest BCUT2D eigenvalue weighted by atomic mass is 32.2. The molecule has 1 amide bonds. The largest absolute Gasteiger partial charge is 0.351 e. The molecule has 0 spiro atoms. The standard InChI is InChI=1S/C15H16N2O2S/c1-20(19)15(7-8-15)10-17-14(18)12-6-9-16-13-5-3-2-4-11(12)13/h2-6,9H,7-8,10H2,1H3,(H,17,18)/t20-/m0/s1. The fraction of sp³-hybridized carbons (Fsp3) is 0.333. The third kappa shape index (κ3) is 2.33. The van der Waals surface area contributed by atoms with Gasteiger partial charge in [0.25, 0.3) is 5.91 Å². The summed E-state index contributed by atoms with van der Waals surface area (Å²) in [6.45, 7) is 0.478. The van der Waals surface area contributed by atoms with E-state index < -0.39 is 10.8 Å². The Morgan fingerprint density at radius 1 is 1.35 bits per heavy atom. The summed E-state index contributed by atoms with van der Waals surface area (Å²) >= 11 is 0. The van der Waals surface area contributed by atoms with E-state index in [1.54, 1.807) is 18.5 Å². The zero-order chi connectivity index (χ0) is 14.2. The Morgan fingerprint density at radius 2 is 2.10 bits per heavy atom. The monoisotopic (exact) mass is 288 g/mol. The fourth-order valence-corrected chi connectivity index (χ4v) is 3.29. The SMILES string of the molecule is C[S@](=O)C1(CNC(=O)c2ccnc3ccccc23)CC1. The molecule has 0 aliphatic heterocycles. The molecule has 1 N–H and O–H groups in total. The van der Waals surface area contributed by atoms with Gasteiger partial charge in [-0.15, -0.1) is 0 Å². The van der Waals surface area contributed by atoms with Gasteiger partial charge in [-0.05, 0) is 25.0 Å². The number of aromatic nitrogens is 1. The van der Waals surface area contributed by atoms with Gasteiger partial charge in [0.15, 0.2) is 0 Å². The van der Waals surface area contributed by atoms with Gasteiger partial charge in [-0.3, -0.25) is 14.0 Å². The predicted octanol–water partition coefficient (Wildman–Crippen LogP) is 1.88. The van der Waals surface area contributed by atoms with Crippen molar-refractivity contribution >= 4 is 27.6 Å². The Hall–Kier alpha value is -1.75. The van der Waals surface area contributed by atoms with Crippen molar-refractivity contribution in [3.63, 3.8) is 0 Å². The summed E-state index contributed by atoms with van der Waals surface area (Å²) < 4.78 is 11.4. The fourth-order valence-electron chi connectivity index (χ4n) is 2.34. The molecular weight excluding hydrogens is 272 g/mol. The van der Waals surface area contributed by atoms with Crippen molar-refractivity contribution in [1.82, 2.24) is 10.3 Å². The van der Waals surface area contributed by atoms with Crippen LogP contribution in [0.1, 0.15) is 23.2 Å². The highest BCUT2D eigenvalue weighted by molar-refractivity contribution is 7.86. The van der Waals surface area contributed by atoms with Gasteiger partial charge in [0.05, 0.1) is 15.8 Å². The summed E-state index contributed by atoms with van der Waals surface area (Å²) in [6.07, 6.45) is 5.20. The van der Waals surface area contributed by atoms with Crippen LogP contribution in [-0.2, 0) is 10.8 Å². The average Bonchev–Trinajstić information content (AvgIpc) is 3.25. The predicted molar refractivity (Wildman–Crippen MR) is 80.1 cm³/mol. The lowest BCUT2D eigenvalue weighted by Crippen LogP contribution is -2.35. The highest BCUT2D eigenvalue weighted by Crippen LogP contribution is 2.40. The van der Waals surface area contributed by atoms with E-state index in [1.165, 1.54) is 0 Å². The van der Waals surface area contributed by atoms with Gasteiger partial charge < -0.3 is 5.32 Å². The number of carbonyl (C=O) groups excluding carboxylic acids is 1. The molecule has 104 valence electrons. The summed E-state index contributed by atoms with van der Waals surface area (Å²) in [6, 6.07) is 9.29. The number of hydrogen-bond acceptors (Lipinski definition) is 3. The maximum atomic E-state index is 12.3. The van der Waals surface area contributed by atoms with Crippen LogP contribution in [0.3, 0.4) is 0 Å². The van der Waals surface area contributed by atoms with E-state index in [0.717, 1.165) is 23.7 Å². The summed E-state index contributed by atoms with van der Waals surface area (Å²) in [5.41, 5.74) is 1.42. The van der Waals surface area contributed by atoms with Crippen molar-refractivity contribution in [2.24, 2.45) is 0 Å². The van der Waals surface area contributed by atoms with E-state index in [4.69, 9.17) is 0 Å². The zero-order valence-corrected chi connectivity index (χ0v) is 12.1. The summed E-state index contributed by atoms with van der Waals surface area (Å²) in [5.74, 6) is -0.125. The third-order valence-corrected chi connectivity index (χ3v) is 5.65. The Kier molecular flexibility index (Phi) is 3.30. The van der Waals surface area contributed by atoms with Gasteiger partial charge in [-0.25, -0.2) is 0 Å². The molecule has 1 aromatic heterocycles. The van der Waals surface area contributed by atoms with Crippen LogP contribution in [0.15, 0.2) is 36.5 Å². The molecule has 20 heavy (non-hydrogen) atoms. The second kappa shape index (κ2) is 4.98. The molecule has 1 aliphatic carbocycles. The molecule has 1 heterocycles. The molecule has 5 heteroatoms. The van der Waals surface area contributed by atoms with E-state index in [0.29, 0.717) is 12.1 Å². The number of nitrogens with zero attached hydrogens (tertiary/aromatic N) is 1. The van der Waals surface area contributed by atoms with E-state index in [2.05, 4.69) is 10.3 Å². The number of pyridine rings is 1. The number of carbonyl (C=O) groups is 1. The van der Waals surface area contributed by atoms with Crippen LogP contribution in [0, 0.1) is 0 Å². The summed E-state index contributed by atoms with van der Waals surface area (Å²) in [4.78, 5) is 16.6. The third-order valence-electron chi connectivity index (χ3n) is 3.88. The van der Waals surface area contributed by atoms with Gasteiger partial charge in [-0.2, -0.15) is 0 Å². The molecule has 1 fully saturated rings. The van der Waals surface area contributed by atoms with Crippen LogP contribution in [0.4, 0.5) is 0 Å². The molecule has 0 bridgehead atoms. The topological polar surface area (TPSA) is 59.1 Å². The Morgan fingerprint density at radius 3 is 2.80 bits per heavy atom. The Balaban J connectivity index is 1.81. The number of amides is 1. The molecule has 3 rings (SSSR count). The summed E-state index contributed by atoms with van der Waals surface area (Å²) in [7, 11) is -0.892. The van der Waals surface area contributed by atoms with Crippen LogP contribution in [0.25, 0.3) is 10.9 Å². The van der Waals surface area contributed by atoms with E-state index in [-0.39, 0.29) is 10.7 Å². The first-order chi connectivity index (χ1) is 9.62. The molecule has 0 unspecified atom stereocenters. The van der Waals surface area contributed by atoms with Crippen LogP contribution in [0.5, 0.6) is 0 Å². The summed E-state index contributed by atoms with van der Waals surface area (Å²) in [5, 5.41) is 3.76. The minimum atomic E-state index is -0.892. The highest BCUT2D eigenvalue weighted by Gasteiger charge is 2.46. The Labute approximate surface area is 120 Å². The van der Waals surface area contributed by atoms with E-state index in [1.807, 2.05) is 24.3 Å². The molecule has 1 aliphatic rings. The smallest absolute Gasteiger partial charge is 0.252 e. The zero-order valence-electron chi connectivity index (χ0n) is 11.3. The minimum Gasteiger partial charge on any atom is -0.351 e. The van der Waals surface area contributed by atoms with Crippen LogP contribution in [-0.4, -0.2) is 32.6 Å². The quantitative estimate of drug-likeness (QED) is 0.934. The molecule has 1 saturated carbocycles. The molecular formula is C15H16N2O2S. The number of rotatable bonds is 4. The van der Waals surface area contributed by atoms with Crippen molar-refractivity contribution in [3.05, 3.63) is 42.1 Å². The van der Waals surface area contributed by atoms with E-state index >= 15 is 0 Å². The lowest BCUT2D eigenvalue weighted by Gasteiger charge is -2.13. The lowest BCUT2D eigenvalue weighted by atomic mass is 10.1. The van der Waals surface area contributed by atoms with Crippen molar-refractivity contribution in [2.75, 3.05) is 12.8 Å². The molecule has 1 aromatic carbocycles. The Bertz CT molecular complexity index is 690. The maximum Gasteiger partial charge on any atom is 0.252 e. The number of nitrogens with one attached hydrogen (secondary N) is 1. The van der Waals surface area contributed by atoms with E-state index in [9.17, 15) is 9.00 Å². The van der Waals surface area contributed by atoms with Crippen molar-refractivity contribution in [3.8, 4) is 0 Å². The molecule has 0 radical (unpaired) electrons. The van der Waals surface area contributed by atoms with Gasteiger partial charge in [-0.1, -0.05) is 18.2 Å². The maximum absolute atomic E-state index is 12.3. The minimum absolute atomic E-state index is 0.125. The van der Waals surface area contributed by atoms with Crippen LogP contribution in [0.2, 0.25) is 0 Å². The average molecular weight is 288 g/mol. The van der Waals surface area contributed by atoms with Crippen LogP contribution < -0.4 is 5.32 Å². The van der Waals surface area contributed by atoms with Crippen molar-refractivity contribution < 1.29 is 9.00 Å². The van der Waals surface area contributed by atoms with Gasteiger partial charge in [0.2, 0.25) is 0 Å². The van der Waals surface area contributed by atoms with Gasteiger partial charge in [0.1, 0.15) is 0 Å². The number of fused-ring (bicyclic) bond motifs is 1. The first kappa shape index (κ1) is 13.2. The number of benzene rings is 1. The lowest BCUT2D eigenvalue weighted by molar-refractivity contribution is 0.0954.